The maximum Gasteiger partial charge on any atom is 0.254 e. The van der Waals surface area contributed by atoms with Crippen LogP contribution in [0.15, 0.2) is 54.6 Å². The first-order chi connectivity index (χ1) is 13.4. The first kappa shape index (κ1) is 20.4. The molecule has 6 heteroatoms. The van der Waals surface area contributed by atoms with E-state index in [1.54, 1.807) is 29.2 Å². The van der Waals surface area contributed by atoms with Gasteiger partial charge in [0.15, 0.2) is 9.84 Å². The molecule has 1 aliphatic rings. The molecule has 1 fully saturated rings. The fraction of sp³-hybridized carbons (Fsp3) is 0.409. The topological polar surface area (TPSA) is 63.7 Å². The average molecular weight is 402 g/mol. The van der Waals surface area contributed by atoms with Crippen LogP contribution in [-0.2, 0) is 9.84 Å². The van der Waals surface area contributed by atoms with E-state index >= 15 is 0 Å². The summed E-state index contributed by atoms with van der Waals surface area (Å²) in [6.07, 6.45) is 1.39. The van der Waals surface area contributed by atoms with Gasteiger partial charge in [0.2, 0.25) is 0 Å². The molecule has 0 N–H and O–H groups in total. The standard InChI is InChI=1S/C22H27NO4S/c1-3-14-27-21-11-9-19(10-12-21)22(24)23(20-13-15-28(25,26)16-20)17(2)18-7-5-4-6-8-18/h4-12,17,20H,3,13-16H2,1-2H3/t17-,20+/m0/s1. The lowest BCUT2D eigenvalue weighted by atomic mass is 10.0. The number of carbonyl (C=O) groups is 1. The molecule has 0 aromatic heterocycles. The van der Waals surface area contributed by atoms with E-state index in [2.05, 4.69) is 0 Å². The normalized spacial score (nSPS) is 19.1. The molecule has 0 unspecified atom stereocenters. The van der Waals surface area contributed by atoms with Gasteiger partial charge in [-0.05, 0) is 49.6 Å². The van der Waals surface area contributed by atoms with Crippen molar-refractivity contribution < 1.29 is 17.9 Å². The smallest absolute Gasteiger partial charge is 0.254 e. The average Bonchev–Trinajstić information content (AvgIpc) is 3.06. The predicted molar refractivity (Wildman–Crippen MR) is 110 cm³/mol. The Balaban J connectivity index is 1.88. The van der Waals surface area contributed by atoms with Crippen LogP contribution >= 0.6 is 0 Å². The van der Waals surface area contributed by atoms with Crippen molar-refractivity contribution in [1.82, 2.24) is 4.90 Å². The third-order valence-corrected chi connectivity index (χ3v) is 6.86. The number of hydrogen-bond acceptors (Lipinski definition) is 4. The van der Waals surface area contributed by atoms with Crippen LogP contribution in [0, 0.1) is 0 Å². The molecule has 150 valence electrons. The van der Waals surface area contributed by atoms with Crippen LogP contribution in [0.5, 0.6) is 5.75 Å². The Morgan fingerprint density at radius 1 is 1.14 bits per heavy atom. The van der Waals surface area contributed by atoms with Gasteiger partial charge < -0.3 is 9.64 Å². The first-order valence-corrected chi connectivity index (χ1v) is 11.5. The molecule has 0 bridgehead atoms. The second-order valence-electron chi connectivity index (χ2n) is 7.23. The molecule has 1 saturated heterocycles. The number of sulfone groups is 1. The number of nitrogens with zero attached hydrogens (tertiary/aromatic N) is 1. The molecule has 2 atom stereocenters. The van der Waals surface area contributed by atoms with Crippen LogP contribution in [0.25, 0.3) is 0 Å². The summed E-state index contributed by atoms with van der Waals surface area (Å²) in [6.45, 7) is 4.62. The number of rotatable bonds is 7. The van der Waals surface area contributed by atoms with Gasteiger partial charge >= 0.3 is 0 Å². The van der Waals surface area contributed by atoms with Gasteiger partial charge in [-0.25, -0.2) is 8.42 Å². The van der Waals surface area contributed by atoms with E-state index in [1.807, 2.05) is 44.2 Å². The highest BCUT2D eigenvalue weighted by molar-refractivity contribution is 7.91. The minimum Gasteiger partial charge on any atom is -0.494 e. The fourth-order valence-electron chi connectivity index (χ4n) is 3.61. The number of hydrogen-bond donors (Lipinski definition) is 0. The zero-order chi connectivity index (χ0) is 20.1. The summed E-state index contributed by atoms with van der Waals surface area (Å²) in [7, 11) is -3.10. The molecule has 0 saturated carbocycles. The SMILES string of the molecule is CCCOc1ccc(C(=O)N([C@@H]2CCS(=O)(=O)C2)[C@@H](C)c2ccccc2)cc1. The Bertz CT molecular complexity index is 894. The summed E-state index contributed by atoms with van der Waals surface area (Å²) in [5, 5.41) is 0. The van der Waals surface area contributed by atoms with E-state index in [1.165, 1.54) is 0 Å². The number of benzene rings is 2. The van der Waals surface area contributed by atoms with E-state index < -0.39 is 9.84 Å². The Labute approximate surface area is 167 Å². The summed E-state index contributed by atoms with van der Waals surface area (Å²) in [4.78, 5) is 15.1. The van der Waals surface area contributed by atoms with Gasteiger partial charge in [-0.3, -0.25) is 4.79 Å². The molecule has 1 aliphatic heterocycles. The van der Waals surface area contributed by atoms with Gasteiger partial charge in [0.05, 0.1) is 24.2 Å². The van der Waals surface area contributed by atoms with Crippen LogP contribution in [0.4, 0.5) is 0 Å². The lowest BCUT2D eigenvalue weighted by Crippen LogP contribution is -2.42. The lowest BCUT2D eigenvalue weighted by molar-refractivity contribution is 0.0613. The Morgan fingerprint density at radius 2 is 1.82 bits per heavy atom. The quantitative estimate of drug-likeness (QED) is 0.707. The number of ether oxygens (including phenoxy) is 1. The summed E-state index contributed by atoms with van der Waals surface area (Å²) >= 11 is 0. The molecule has 1 heterocycles. The summed E-state index contributed by atoms with van der Waals surface area (Å²) in [5.41, 5.74) is 1.53. The maximum atomic E-state index is 13.4. The Morgan fingerprint density at radius 3 is 2.39 bits per heavy atom. The van der Waals surface area contributed by atoms with Crippen LogP contribution in [-0.4, -0.2) is 43.4 Å². The zero-order valence-electron chi connectivity index (χ0n) is 16.4. The number of amides is 1. The first-order valence-electron chi connectivity index (χ1n) is 9.72. The van der Waals surface area contributed by atoms with Crippen molar-refractivity contribution in [3.8, 4) is 5.75 Å². The predicted octanol–water partition coefficient (Wildman–Crippen LogP) is 3.87. The Hall–Kier alpha value is -2.34. The lowest BCUT2D eigenvalue weighted by Gasteiger charge is -2.34. The van der Waals surface area contributed by atoms with Crippen molar-refractivity contribution in [1.29, 1.82) is 0 Å². The van der Waals surface area contributed by atoms with Gasteiger partial charge in [0.25, 0.3) is 5.91 Å². The van der Waals surface area contributed by atoms with Crippen molar-refractivity contribution in [3.63, 3.8) is 0 Å². The van der Waals surface area contributed by atoms with E-state index in [-0.39, 0.29) is 29.5 Å². The minimum absolute atomic E-state index is 0.0214. The molecule has 28 heavy (non-hydrogen) atoms. The van der Waals surface area contributed by atoms with E-state index in [4.69, 9.17) is 4.74 Å². The Kier molecular flexibility index (Phi) is 6.39. The van der Waals surface area contributed by atoms with Crippen LogP contribution in [0.2, 0.25) is 0 Å². The maximum absolute atomic E-state index is 13.4. The largest absolute Gasteiger partial charge is 0.494 e. The van der Waals surface area contributed by atoms with Crippen molar-refractivity contribution in [3.05, 3.63) is 65.7 Å². The van der Waals surface area contributed by atoms with Crippen molar-refractivity contribution in [2.24, 2.45) is 0 Å². The third-order valence-electron chi connectivity index (χ3n) is 5.11. The molecule has 2 aromatic rings. The molecule has 0 radical (unpaired) electrons. The molecule has 2 aromatic carbocycles. The second kappa shape index (κ2) is 8.78. The highest BCUT2D eigenvalue weighted by atomic mass is 32.2. The monoisotopic (exact) mass is 401 g/mol. The van der Waals surface area contributed by atoms with Gasteiger partial charge in [-0.1, -0.05) is 37.3 Å². The third kappa shape index (κ3) is 4.73. The zero-order valence-corrected chi connectivity index (χ0v) is 17.2. The molecule has 5 nitrogen and oxygen atoms in total. The van der Waals surface area contributed by atoms with Crippen LogP contribution < -0.4 is 4.74 Å². The van der Waals surface area contributed by atoms with Gasteiger partial charge in [-0.2, -0.15) is 0 Å². The van der Waals surface area contributed by atoms with E-state index in [9.17, 15) is 13.2 Å². The van der Waals surface area contributed by atoms with Crippen LogP contribution in [0.3, 0.4) is 0 Å². The molecular formula is C22H27NO4S. The summed E-state index contributed by atoms with van der Waals surface area (Å²) in [5.74, 6) is 0.727. The summed E-state index contributed by atoms with van der Waals surface area (Å²) in [6, 6.07) is 16.3. The molecule has 3 rings (SSSR count). The van der Waals surface area contributed by atoms with E-state index in [0.29, 0.717) is 18.6 Å². The molecular weight excluding hydrogens is 374 g/mol. The van der Waals surface area contributed by atoms with Crippen LogP contribution in [0.1, 0.15) is 48.7 Å². The van der Waals surface area contributed by atoms with Crippen molar-refractivity contribution in [2.45, 2.75) is 38.8 Å². The van der Waals surface area contributed by atoms with Gasteiger partial charge in [-0.15, -0.1) is 0 Å². The van der Waals surface area contributed by atoms with E-state index in [0.717, 1.165) is 17.7 Å². The number of carbonyl (C=O) groups excluding carboxylic acids is 1. The highest BCUT2D eigenvalue weighted by Crippen LogP contribution is 2.30. The highest BCUT2D eigenvalue weighted by Gasteiger charge is 2.37. The fourth-order valence-corrected chi connectivity index (χ4v) is 5.32. The molecule has 0 spiro atoms. The summed E-state index contributed by atoms with van der Waals surface area (Å²) < 4.78 is 29.7. The molecule has 1 amide bonds. The van der Waals surface area contributed by atoms with Crippen molar-refractivity contribution in [2.75, 3.05) is 18.1 Å². The second-order valence-corrected chi connectivity index (χ2v) is 9.46. The minimum atomic E-state index is -3.10. The van der Waals surface area contributed by atoms with Crippen molar-refractivity contribution >= 4 is 15.7 Å². The van der Waals surface area contributed by atoms with Gasteiger partial charge in [0, 0.05) is 11.6 Å². The van der Waals surface area contributed by atoms with Gasteiger partial charge in [0.1, 0.15) is 5.75 Å². The molecule has 0 aliphatic carbocycles.